The number of hydrogen-bond acceptors (Lipinski definition) is 3. The second-order valence-electron chi connectivity index (χ2n) is 5.74. The standard InChI is InChI=1S/C20H14Cl2N2O2/c1-12-8-16(18(10-23)20(25)24-12)17-9-15(22)6-7-19(17)26-11-13-2-4-14(21)5-3-13/h2-9H,11H2,1H3,(H,24,25). The second kappa shape index (κ2) is 7.65. The Hall–Kier alpha value is -2.74. The van der Waals surface area contributed by atoms with Gasteiger partial charge in [0.05, 0.1) is 0 Å². The number of nitrogens with zero attached hydrogens (tertiary/aromatic N) is 1. The first-order valence-electron chi connectivity index (χ1n) is 7.79. The van der Waals surface area contributed by atoms with E-state index in [-0.39, 0.29) is 5.56 Å². The lowest BCUT2D eigenvalue weighted by molar-refractivity contribution is 0.307. The van der Waals surface area contributed by atoms with Gasteiger partial charge in [0, 0.05) is 26.9 Å². The van der Waals surface area contributed by atoms with E-state index in [2.05, 4.69) is 4.98 Å². The maximum atomic E-state index is 12.1. The third-order valence-electron chi connectivity index (χ3n) is 3.82. The van der Waals surface area contributed by atoms with Crippen molar-refractivity contribution in [1.29, 1.82) is 5.26 Å². The summed E-state index contributed by atoms with van der Waals surface area (Å²) in [5, 5.41) is 10.5. The molecule has 0 saturated carbocycles. The topological polar surface area (TPSA) is 65.9 Å². The van der Waals surface area contributed by atoms with Crippen molar-refractivity contribution in [2.75, 3.05) is 0 Å². The summed E-state index contributed by atoms with van der Waals surface area (Å²) in [4.78, 5) is 14.7. The number of aromatic amines is 1. The van der Waals surface area contributed by atoms with Gasteiger partial charge in [0.2, 0.25) is 0 Å². The van der Waals surface area contributed by atoms with Crippen LogP contribution in [0.2, 0.25) is 10.0 Å². The van der Waals surface area contributed by atoms with Gasteiger partial charge in [-0.1, -0.05) is 35.3 Å². The van der Waals surface area contributed by atoms with E-state index in [0.717, 1.165) is 5.56 Å². The lowest BCUT2D eigenvalue weighted by Crippen LogP contribution is -2.13. The van der Waals surface area contributed by atoms with Gasteiger partial charge in [-0.2, -0.15) is 5.26 Å². The van der Waals surface area contributed by atoms with Crippen LogP contribution in [0.25, 0.3) is 11.1 Å². The van der Waals surface area contributed by atoms with E-state index in [9.17, 15) is 10.1 Å². The van der Waals surface area contributed by atoms with Gasteiger partial charge in [-0.3, -0.25) is 4.79 Å². The van der Waals surface area contributed by atoms with Crippen molar-refractivity contribution in [3.63, 3.8) is 0 Å². The van der Waals surface area contributed by atoms with Gasteiger partial charge in [0.1, 0.15) is 24.0 Å². The maximum absolute atomic E-state index is 12.1. The number of pyridine rings is 1. The predicted octanol–water partition coefficient (Wildman–Crippen LogP) is 5.11. The van der Waals surface area contributed by atoms with Gasteiger partial charge in [-0.25, -0.2) is 0 Å². The highest BCUT2D eigenvalue weighted by Crippen LogP contribution is 2.34. The minimum atomic E-state index is -0.439. The van der Waals surface area contributed by atoms with E-state index in [1.807, 2.05) is 18.2 Å². The lowest BCUT2D eigenvalue weighted by atomic mass is 10.00. The quantitative estimate of drug-likeness (QED) is 0.679. The third-order valence-corrected chi connectivity index (χ3v) is 4.31. The summed E-state index contributed by atoms with van der Waals surface area (Å²) in [6.07, 6.45) is 0. The predicted molar refractivity (Wildman–Crippen MR) is 103 cm³/mol. The number of nitrogens with one attached hydrogen (secondary N) is 1. The number of aryl methyl sites for hydroxylation is 1. The summed E-state index contributed by atoms with van der Waals surface area (Å²) in [6, 6.07) is 16.1. The zero-order valence-corrected chi connectivity index (χ0v) is 15.4. The first-order valence-corrected chi connectivity index (χ1v) is 8.54. The monoisotopic (exact) mass is 384 g/mol. The fourth-order valence-corrected chi connectivity index (χ4v) is 2.89. The van der Waals surface area contributed by atoms with Crippen molar-refractivity contribution in [2.24, 2.45) is 0 Å². The highest BCUT2D eigenvalue weighted by Gasteiger charge is 2.15. The largest absolute Gasteiger partial charge is 0.488 e. The van der Waals surface area contributed by atoms with Crippen molar-refractivity contribution < 1.29 is 4.74 Å². The molecule has 2 aromatic carbocycles. The van der Waals surface area contributed by atoms with Crippen LogP contribution in [-0.4, -0.2) is 4.98 Å². The molecule has 0 aliphatic rings. The average Bonchev–Trinajstić information content (AvgIpc) is 2.61. The van der Waals surface area contributed by atoms with Crippen LogP contribution in [0.1, 0.15) is 16.8 Å². The van der Waals surface area contributed by atoms with Crippen LogP contribution < -0.4 is 10.3 Å². The number of nitriles is 1. The molecular formula is C20H14Cl2N2O2. The Bertz CT molecular complexity index is 1050. The minimum Gasteiger partial charge on any atom is -0.488 e. The molecule has 0 aliphatic heterocycles. The van der Waals surface area contributed by atoms with Crippen LogP contribution in [-0.2, 0) is 6.61 Å². The van der Waals surface area contributed by atoms with Crippen LogP contribution in [0, 0.1) is 18.3 Å². The highest BCUT2D eigenvalue weighted by atomic mass is 35.5. The Labute approximate surface area is 160 Å². The lowest BCUT2D eigenvalue weighted by Gasteiger charge is -2.14. The van der Waals surface area contributed by atoms with Crippen molar-refractivity contribution in [2.45, 2.75) is 13.5 Å². The van der Waals surface area contributed by atoms with E-state index in [1.165, 1.54) is 0 Å². The zero-order valence-electron chi connectivity index (χ0n) is 13.8. The molecule has 0 radical (unpaired) electrons. The van der Waals surface area contributed by atoms with Gasteiger partial charge in [-0.05, 0) is 48.9 Å². The summed E-state index contributed by atoms with van der Waals surface area (Å²) < 4.78 is 5.93. The Morgan fingerprint density at radius 2 is 1.73 bits per heavy atom. The fourth-order valence-electron chi connectivity index (χ4n) is 2.59. The fraction of sp³-hybridized carbons (Fsp3) is 0.100. The zero-order chi connectivity index (χ0) is 18.7. The number of benzene rings is 2. The maximum Gasteiger partial charge on any atom is 0.266 e. The Kier molecular flexibility index (Phi) is 5.32. The molecule has 0 saturated heterocycles. The van der Waals surface area contributed by atoms with Crippen molar-refractivity contribution in [3.8, 4) is 22.9 Å². The number of rotatable bonds is 4. The van der Waals surface area contributed by atoms with E-state index in [0.29, 0.717) is 39.2 Å². The van der Waals surface area contributed by atoms with Gasteiger partial charge in [0.25, 0.3) is 5.56 Å². The molecule has 0 bridgehead atoms. The van der Waals surface area contributed by atoms with Gasteiger partial charge in [-0.15, -0.1) is 0 Å². The van der Waals surface area contributed by atoms with Crippen LogP contribution in [0.5, 0.6) is 5.75 Å². The molecule has 1 aromatic heterocycles. The third kappa shape index (κ3) is 3.91. The molecule has 3 rings (SSSR count). The molecule has 6 heteroatoms. The highest BCUT2D eigenvalue weighted by molar-refractivity contribution is 6.31. The van der Waals surface area contributed by atoms with Crippen molar-refractivity contribution in [1.82, 2.24) is 4.98 Å². The number of H-pyrrole nitrogens is 1. The number of aromatic nitrogens is 1. The molecule has 0 amide bonds. The first-order chi connectivity index (χ1) is 12.5. The first kappa shape index (κ1) is 18.1. The van der Waals surface area contributed by atoms with Crippen LogP contribution in [0.3, 0.4) is 0 Å². The molecule has 4 nitrogen and oxygen atoms in total. The molecule has 0 atom stereocenters. The molecule has 1 heterocycles. The van der Waals surface area contributed by atoms with E-state index >= 15 is 0 Å². The normalized spacial score (nSPS) is 10.4. The van der Waals surface area contributed by atoms with Crippen LogP contribution >= 0.6 is 23.2 Å². The molecule has 1 N–H and O–H groups in total. The van der Waals surface area contributed by atoms with E-state index in [4.69, 9.17) is 27.9 Å². The summed E-state index contributed by atoms with van der Waals surface area (Å²) in [5.41, 5.74) is 2.26. The smallest absolute Gasteiger partial charge is 0.266 e. The molecule has 0 spiro atoms. The Balaban J connectivity index is 2.03. The summed E-state index contributed by atoms with van der Waals surface area (Å²) in [7, 11) is 0. The van der Waals surface area contributed by atoms with Crippen LogP contribution in [0.4, 0.5) is 0 Å². The molecule has 0 aliphatic carbocycles. The van der Waals surface area contributed by atoms with Crippen molar-refractivity contribution >= 4 is 23.2 Å². The summed E-state index contributed by atoms with van der Waals surface area (Å²) in [5.74, 6) is 0.533. The number of halogens is 2. The minimum absolute atomic E-state index is 0.0224. The van der Waals surface area contributed by atoms with Gasteiger partial charge >= 0.3 is 0 Å². The molecule has 3 aromatic rings. The SMILES string of the molecule is Cc1cc(-c2cc(Cl)ccc2OCc2ccc(Cl)cc2)c(C#N)c(=O)[nH]1. The molecule has 0 unspecified atom stereocenters. The Morgan fingerprint density at radius 3 is 2.42 bits per heavy atom. The average molecular weight is 385 g/mol. The van der Waals surface area contributed by atoms with E-state index < -0.39 is 5.56 Å². The summed E-state index contributed by atoms with van der Waals surface area (Å²) >= 11 is 12.0. The van der Waals surface area contributed by atoms with Crippen LogP contribution in [0.15, 0.2) is 53.3 Å². The second-order valence-corrected chi connectivity index (χ2v) is 6.61. The van der Waals surface area contributed by atoms with E-state index in [1.54, 1.807) is 43.3 Å². The molecular weight excluding hydrogens is 371 g/mol. The molecule has 26 heavy (non-hydrogen) atoms. The Morgan fingerprint density at radius 1 is 1.04 bits per heavy atom. The molecule has 130 valence electrons. The summed E-state index contributed by atoms with van der Waals surface area (Å²) in [6.45, 7) is 2.07. The number of ether oxygens (including phenoxy) is 1. The van der Waals surface area contributed by atoms with Gasteiger partial charge in [0.15, 0.2) is 0 Å². The van der Waals surface area contributed by atoms with Gasteiger partial charge < -0.3 is 9.72 Å². The number of hydrogen-bond donors (Lipinski definition) is 1. The molecule has 0 fully saturated rings. The van der Waals surface area contributed by atoms with Crippen molar-refractivity contribution in [3.05, 3.63) is 85.8 Å².